The molecule has 2 aromatic rings. The second-order valence-electron chi connectivity index (χ2n) is 7.46. The molecule has 0 bridgehead atoms. The van der Waals surface area contributed by atoms with Gasteiger partial charge in [0.2, 0.25) is 0 Å². The molecule has 7 heteroatoms. The number of rotatable bonds is 4. The number of hydrogen-bond donors (Lipinski definition) is 0. The van der Waals surface area contributed by atoms with E-state index in [2.05, 4.69) is 0 Å². The van der Waals surface area contributed by atoms with E-state index in [1.807, 2.05) is 30.3 Å². The van der Waals surface area contributed by atoms with E-state index in [4.69, 9.17) is 0 Å². The lowest BCUT2D eigenvalue weighted by atomic mass is 9.87. The maximum absolute atomic E-state index is 13.3. The first kappa shape index (κ1) is 20.3. The van der Waals surface area contributed by atoms with Crippen LogP contribution < -0.4 is 0 Å². The second kappa shape index (κ2) is 7.50. The van der Waals surface area contributed by atoms with E-state index in [1.165, 1.54) is 29.0 Å². The van der Waals surface area contributed by atoms with Crippen molar-refractivity contribution in [3.63, 3.8) is 0 Å². The van der Waals surface area contributed by atoms with E-state index in [9.17, 15) is 19.7 Å². The van der Waals surface area contributed by atoms with Gasteiger partial charge in [-0.25, -0.2) is 0 Å². The first-order valence-corrected chi connectivity index (χ1v) is 9.23. The summed E-state index contributed by atoms with van der Waals surface area (Å²) in [6, 6.07) is 14.2. The molecule has 150 valence electrons. The highest BCUT2D eigenvalue weighted by Crippen LogP contribution is 2.33. The van der Waals surface area contributed by atoms with Crippen LogP contribution in [0.15, 0.2) is 54.2 Å². The van der Waals surface area contributed by atoms with Crippen LogP contribution in [0.5, 0.6) is 0 Å². The first-order valence-electron chi connectivity index (χ1n) is 9.23. The van der Waals surface area contributed by atoms with Gasteiger partial charge in [0.1, 0.15) is 11.2 Å². The molecule has 0 spiro atoms. The number of nitrogens with zero attached hydrogens (tertiary/aromatic N) is 3. The summed E-state index contributed by atoms with van der Waals surface area (Å²) in [6.07, 6.45) is 1.81. The highest BCUT2D eigenvalue weighted by molar-refractivity contribution is 6.09. The Morgan fingerprint density at radius 1 is 1.07 bits per heavy atom. The molecular weight excluding hydrogens is 370 g/mol. The number of nitro groups is 1. The summed E-state index contributed by atoms with van der Waals surface area (Å²) in [4.78, 5) is 40.1. The van der Waals surface area contributed by atoms with Gasteiger partial charge >= 0.3 is 0 Å². The molecule has 2 amide bonds. The highest BCUT2D eigenvalue weighted by Gasteiger charge is 2.48. The van der Waals surface area contributed by atoms with Gasteiger partial charge in [-0.3, -0.25) is 19.7 Å². The van der Waals surface area contributed by atoms with Crippen LogP contribution >= 0.6 is 0 Å². The second-order valence-corrected chi connectivity index (χ2v) is 7.46. The van der Waals surface area contributed by atoms with Crippen molar-refractivity contribution in [2.45, 2.75) is 25.8 Å². The lowest BCUT2D eigenvalue weighted by Crippen LogP contribution is -2.64. The number of piperazine rings is 1. The zero-order valence-electron chi connectivity index (χ0n) is 16.9. The standard InChI is InChI=1S/C22H23N3O4/c1-15-9-8-12-18(25(28)29)17(15)13-19-20(26)24(4)22(2,21(27)23(19)3)14-16-10-6-5-7-11-16/h5-13H,14H2,1-4H3/b19-13+. The maximum atomic E-state index is 13.3. The summed E-state index contributed by atoms with van der Waals surface area (Å²) in [7, 11) is 3.13. The molecule has 1 aliphatic heterocycles. The Morgan fingerprint density at radius 3 is 2.34 bits per heavy atom. The van der Waals surface area contributed by atoms with Gasteiger partial charge in [-0.1, -0.05) is 42.5 Å². The molecule has 0 aliphatic carbocycles. The van der Waals surface area contributed by atoms with E-state index in [-0.39, 0.29) is 23.2 Å². The van der Waals surface area contributed by atoms with Gasteiger partial charge < -0.3 is 9.80 Å². The molecule has 0 N–H and O–H groups in total. The molecule has 0 aromatic heterocycles. The van der Waals surface area contributed by atoms with Gasteiger partial charge in [-0.2, -0.15) is 0 Å². The van der Waals surface area contributed by atoms with Crippen molar-refractivity contribution in [3.8, 4) is 0 Å². The van der Waals surface area contributed by atoms with Crippen LogP contribution in [0.3, 0.4) is 0 Å². The van der Waals surface area contributed by atoms with Crippen LogP contribution in [0.4, 0.5) is 5.69 Å². The van der Waals surface area contributed by atoms with Crippen LogP contribution in [-0.4, -0.2) is 46.2 Å². The number of nitro benzene ring substituents is 1. The Hall–Kier alpha value is -3.48. The van der Waals surface area contributed by atoms with Gasteiger partial charge in [0.05, 0.1) is 10.5 Å². The van der Waals surface area contributed by atoms with Gasteiger partial charge in [0.15, 0.2) is 0 Å². The van der Waals surface area contributed by atoms with E-state index >= 15 is 0 Å². The summed E-state index contributed by atoms with van der Waals surface area (Å²) in [5, 5.41) is 11.4. The Bertz CT molecular complexity index is 1020. The van der Waals surface area contributed by atoms with Gasteiger partial charge in [0, 0.05) is 26.6 Å². The van der Waals surface area contributed by atoms with Gasteiger partial charge in [-0.15, -0.1) is 0 Å². The number of benzene rings is 2. The van der Waals surface area contributed by atoms with E-state index < -0.39 is 10.5 Å². The Morgan fingerprint density at radius 2 is 1.72 bits per heavy atom. The molecule has 7 nitrogen and oxygen atoms in total. The van der Waals surface area contributed by atoms with Gasteiger partial charge in [0.25, 0.3) is 17.5 Å². The third-order valence-electron chi connectivity index (χ3n) is 5.56. The zero-order chi connectivity index (χ0) is 21.3. The summed E-state index contributed by atoms with van der Waals surface area (Å²) >= 11 is 0. The monoisotopic (exact) mass is 393 g/mol. The normalized spacial score (nSPS) is 21.0. The summed E-state index contributed by atoms with van der Waals surface area (Å²) < 4.78 is 0. The fourth-order valence-electron chi connectivity index (χ4n) is 3.65. The molecule has 1 heterocycles. The molecule has 0 radical (unpaired) electrons. The van der Waals surface area contributed by atoms with E-state index in [0.29, 0.717) is 17.5 Å². The lowest BCUT2D eigenvalue weighted by molar-refractivity contribution is -0.385. The van der Waals surface area contributed by atoms with Crippen LogP contribution in [0, 0.1) is 17.0 Å². The average Bonchev–Trinajstić information content (AvgIpc) is 2.70. The largest absolute Gasteiger partial charge is 0.326 e. The van der Waals surface area contributed by atoms with Crippen molar-refractivity contribution in [2.75, 3.05) is 14.1 Å². The van der Waals surface area contributed by atoms with Crippen molar-refractivity contribution in [3.05, 3.63) is 81.0 Å². The summed E-state index contributed by atoms with van der Waals surface area (Å²) in [5.74, 6) is -0.603. The fourth-order valence-corrected chi connectivity index (χ4v) is 3.65. The Kier molecular flexibility index (Phi) is 5.24. The molecule has 1 saturated heterocycles. The van der Waals surface area contributed by atoms with Gasteiger partial charge in [-0.05, 0) is 31.1 Å². The van der Waals surface area contributed by atoms with Crippen molar-refractivity contribution < 1.29 is 14.5 Å². The fraction of sp³-hybridized carbons (Fsp3) is 0.273. The summed E-state index contributed by atoms with van der Waals surface area (Å²) in [5.41, 5.74) is 0.869. The molecule has 1 unspecified atom stereocenters. The number of likely N-dealkylation sites (N-methyl/N-ethyl adjacent to an activating group) is 2. The molecule has 1 atom stereocenters. The molecule has 29 heavy (non-hydrogen) atoms. The summed E-state index contributed by atoms with van der Waals surface area (Å²) in [6.45, 7) is 3.47. The van der Waals surface area contributed by atoms with E-state index in [0.717, 1.165) is 5.56 Å². The molecule has 0 saturated carbocycles. The van der Waals surface area contributed by atoms with Crippen molar-refractivity contribution in [1.29, 1.82) is 0 Å². The minimum atomic E-state index is -1.05. The molecule has 3 rings (SSSR count). The topological polar surface area (TPSA) is 83.8 Å². The minimum absolute atomic E-state index is 0.105. The predicted octanol–water partition coefficient (Wildman–Crippen LogP) is 3.18. The Labute approximate surface area is 169 Å². The SMILES string of the molecule is Cc1cccc([N+](=O)[O-])c1/C=C1\C(=O)N(C)C(C)(Cc2ccccc2)C(=O)N1C. The number of aryl methyl sites for hydroxylation is 1. The van der Waals surface area contributed by atoms with Crippen LogP contribution in [0.1, 0.15) is 23.6 Å². The zero-order valence-corrected chi connectivity index (χ0v) is 16.9. The smallest absolute Gasteiger partial charge is 0.276 e. The minimum Gasteiger partial charge on any atom is -0.326 e. The molecule has 1 fully saturated rings. The van der Waals surface area contributed by atoms with Crippen LogP contribution in [0.2, 0.25) is 0 Å². The molecule has 1 aliphatic rings. The number of carbonyl (C=O) groups is 2. The number of carbonyl (C=O) groups excluding carboxylic acids is 2. The van der Waals surface area contributed by atoms with Crippen LogP contribution in [0.25, 0.3) is 6.08 Å². The van der Waals surface area contributed by atoms with Crippen molar-refractivity contribution >= 4 is 23.6 Å². The third kappa shape index (κ3) is 3.51. The van der Waals surface area contributed by atoms with Crippen molar-refractivity contribution in [2.24, 2.45) is 0 Å². The number of hydrogen-bond acceptors (Lipinski definition) is 4. The quantitative estimate of drug-likeness (QED) is 0.454. The molecule has 2 aromatic carbocycles. The predicted molar refractivity (Wildman–Crippen MR) is 110 cm³/mol. The van der Waals surface area contributed by atoms with Crippen LogP contribution in [-0.2, 0) is 16.0 Å². The first-order chi connectivity index (χ1) is 13.7. The van der Waals surface area contributed by atoms with E-state index in [1.54, 1.807) is 33.0 Å². The van der Waals surface area contributed by atoms with Crippen molar-refractivity contribution in [1.82, 2.24) is 9.80 Å². The lowest BCUT2D eigenvalue weighted by Gasteiger charge is -2.45. The highest BCUT2D eigenvalue weighted by atomic mass is 16.6. The Balaban J connectivity index is 2.04. The molecular formula is C22H23N3O4. The average molecular weight is 393 g/mol. The maximum Gasteiger partial charge on any atom is 0.276 e. The third-order valence-corrected chi connectivity index (χ3v) is 5.56. The number of amides is 2.